The highest BCUT2D eigenvalue weighted by molar-refractivity contribution is 5.76. The number of rotatable bonds is 9. The van der Waals surface area contributed by atoms with E-state index in [2.05, 4.69) is 36.2 Å². The Labute approximate surface area is 122 Å². The van der Waals surface area contributed by atoms with Crippen molar-refractivity contribution in [1.29, 1.82) is 0 Å². The minimum atomic E-state index is 0.0915. The molecule has 3 N–H and O–H groups in total. The number of nitrogens with two attached hydrogens (primary N) is 1. The second-order valence-electron chi connectivity index (χ2n) is 4.99. The van der Waals surface area contributed by atoms with Crippen LogP contribution in [0.15, 0.2) is 30.3 Å². The molecule has 0 spiro atoms. The summed E-state index contributed by atoms with van der Waals surface area (Å²) in [6, 6.07) is 10.4. The Bertz CT molecular complexity index is 381. The van der Waals surface area contributed by atoms with Gasteiger partial charge in [-0.3, -0.25) is 9.69 Å². The first kappa shape index (κ1) is 16.7. The molecule has 1 atom stereocenters. The predicted octanol–water partition coefficient (Wildman–Crippen LogP) is 1.75. The van der Waals surface area contributed by atoms with Crippen molar-refractivity contribution < 1.29 is 4.79 Å². The van der Waals surface area contributed by atoms with Crippen molar-refractivity contribution >= 4 is 5.91 Å². The Hall–Kier alpha value is -1.39. The number of hydrogen-bond acceptors (Lipinski definition) is 3. The highest BCUT2D eigenvalue weighted by Gasteiger charge is 2.19. The van der Waals surface area contributed by atoms with E-state index in [1.165, 1.54) is 5.56 Å². The number of benzene rings is 1. The van der Waals surface area contributed by atoms with E-state index in [1.54, 1.807) is 0 Å². The maximum absolute atomic E-state index is 11.9. The monoisotopic (exact) mass is 277 g/mol. The molecule has 0 saturated carbocycles. The summed E-state index contributed by atoms with van der Waals surface area (Å²) < 4.78 is 0. The van der Waals surface area contributed by atoms with Crippen molar-refractivity contribution in [1.82, 2.24) is 10.2 Å². The molecule has 0 fully saturated rings. The van der Waals surface area contributed by atoms with Crippen LogP contribution in [0.3, 0.4) is 0 Å². The molecule has 0 aliphatic rings. The summed E-state index contributed by atoms with van der Waals surface area (Å²) in [7, 11) is 0. The van der Waals surface area contributed by atoms with Gasteiger partial charge in [-0.1, -0.05) is 44.2 Å². The minimum absolute atomic E-state index is 0.0915. The number of carbonyl (C=O) groups is 1. The van der Waals surface area contributed by atoms with Gasteiger partial charge in [-0.15, -0.1) is 0 Å². The zero-order valence-corrected chi connectivity index (χ0v) is 12.6. The fraction of sp³-hybridized carbons (Fsp3) is 0.562. The van der Waals surface area contributed by atoms with E-state index in [-0.39, 0.29) is 11.9 Å². The topological polar surface area (TPSA) is 58.4 Å². The minimum Gasteiger partial charge on any atom is -0.356 e. The highest BCUT2D eigenvalue weighted by atomic mass is 16.1. The fourth-order valence-corrected chi connectivity index (χ4v) is 2.23. The van der Waals surface area contributed by atoms with Crippen molar-refractivity contribution in [3.63, 3.8) is 0 Å². The van der Waals surface area contributed by atoms with Crippen LogP contribution in [0.4, 0.5) is 0 Å². The summed E-state index contributed by atoms with van der Waals surface area (Å²) in [5.74, 6) is 0.0915. The van der Waals surface area contributed by atoms with Crippen LogP contribution in [0.25, 0.3) is 0 Å². The summed E-state index contributed by atoms with van der Waals surface area (Å²) in [4.78, 5) is 14.1. The number of nitrogens with zero attached hydrogens (tertiary/aromatic N) is 1. The van der Waals surface area contributed by atoms with Crippen LogP contribution in [0.2, 0.25) is 0 Å². The average molecular weight is 277 g/mol. The molecule has 0 bridgehead atoms. The lowest BCUT2D eigenvalue weighted by Crippen LogP contribution is -2.43. The molecule has 1 rings (SSSR count). The summed E-state index contributed by atoms with van der Waals surface area (Å²) in [5, 5.41) is 2.92. The zero-order valence-electron chi connectivity index (χ0n) is 12.6. The third-order valence-corrected chi connectivity index (χ3v) is 3.42. The lowest BCUT2D eigenvalue weighted by molar-refractivity contribution is -0.122. The molecule has 0 heterocycles. The molecule has 0 saturated heterocycles. The van der Waals surface area contributed by atoms with E-state index < -0.39 is 0 Å². The largest absolute Gasteiger partial charge is 0.356 e. The molecule has 1 unspecified atom stereocenters. The molecule has 1 amide bonds. The standard InChI is InChI=1S/C16H27N3O/c1-3-10-18-16(20)11-15(12-17)19(4-2)13-14-8-6-5-7-9-14/h5-9,15H,3-4,10-13,17H2,1-2H3,(H,18,20). The van der Waals surface area contributed by atoms with E-state index in [1.807, 2.05) is 18.2 Å². The summed E-state index contributed by atoms with van der Waals surface area (Å²) in [6.45, 7) is 7.11. The van der Waals surface area contributed by atoms with Crippen molar-refractivity contribution in [2.75, 3.05) is 19.6 Å². The second-order valence-corrected chi connectivity index (χ2v) is 4.99. The highest BCUT2D eigenvalue weighted by Crippen LogP contribution is 2.10. The maximum atomic E-state index is 11.9. The molecular formula is C16H27N3O. The molecule has 4 nitrogen and oxygen atoms in total. The lowest BCUT2D eigenvalue weighted by atomic mass is 10.1. The normalized spacial score (nSPS) is 12.4. The Balaban J connectivity index is 2.58. The molecule has 0 aliphatic carbocycles. The quantitative estimate of drug-likeness (QED) is 0.723. The third kappa shape index (κ3) is 5.72. The predicted molar refractivity (Wildman–Crippen MR) is 83.3 cm³/mol. The van der Waals surface area contributed by atoms with Crippen LogP contribution in [0.5, 0.6) is 0 Å². The van der Waals surface area contributed by atoms with Crippen LogP contribution in [-0.2, 0) is 11.3 Å². The zero-order chi connectivity index (χ0) is 14.8. The fourth-order valence-electron chi connectivity index (χ4n) is 2.23. The SMILES string of the molecule is CCCNC(=O)CC(CN)N(CC)Cc1ccccc1. The van der Waals surface area contributed by atoms with Gasteiger partial charge in [0.15, 0.2) is 0 Å². The molecule has 112 valence electrons. The average Bonchev–Trinajstić information content (AvgIpc) is 2.49. The molecular weight excluding hydrogens is 250 g/mol. The summed E-state index contributed by atoms with van der Waals surface area (Å²) in [5.41, 5.74) is 7.11. The van der Waals surface area contributed by atoms with Gasteiger partial charge in [0.05, 0.1) is 0 Å². The van der Waals surface area contributed by atoms with E-state index in [0.717, 1.165) is 26.1 Å². The summed E-state index contributed by atoms with van der Waals surface area (Å²) in [6.07, 6.45) is 1.43. The molecule has 4 heteroatoms. The second kappa shape index (κ2) is 9.50. The number of likely N-dealkylation sites (N-methyl/N-ethyl adjacent to an activating group) is 1. The van der Waals surface area contributed by atoms with E-state index in [4.69, 9.17) is 5.73 Å². The van der Waals surface area contributed by atoms with Gasteiger partial charge >= 0.3 is 0 Å². The molecule has 0 aromatic heterocycles. The van der Waals surface area contributed by atoms with Crippen LogP contribution >= 0.6 is 0 Å². The number of amides is 1. The van der Waals surface area contributed by atoms with Crippen molar-refractivity contribution in [2.45, 2.75) is 39.3 Å². The third-order valence-electron chi connectivity index (χ3n) is 3.42. The van der Waals surface area contributed by atoms with Crippen molar-refractivity contribution in [3.8, 4) is 0 Å². The first-order valence-corrected chi connectivity index (χ1v) is 7.46. The van der Waals surface area contributed by atoms with Crippen LogP contribution in [0.1, 0.15) is 32.3 Å². The van der Waals surface area contributed by atoms with Crippen LogP contribution in [-0.4, -0.2) is 36.5 Å². The van der Waals surface area contributed by atoms with Gasteiger partial charge in [-0.25, -0.2) is 0 Å². The summed E-state index contributed by atoms with van der Waals surface area (Å²) >= 11 is 0. The van der Waals surface area contributed by atoms with E-state index >= 15 is 0 Å². The van der Waals surface area contributed by atoms with Crippen LogP contribution in [0, 0.1) is 0 Å². The van der Waals surface area contributed by atoms with E-state index in [9.17, 15) is 4.79 Å². The van der Waals surface area contributed by atoms with Gasteiger partial charge in [-0.05, 0) is 18.5 Å². The van der Waals surface area contributed by atoms with Gasteiger partial charge < -0.3 is 11.1 Å². The van der Waals surface area contributed by atoms with Gasteiger partial charge in [-0.2, -0.15) is 0 Å². The lowest BCUT2D eigenvalue weighted by Gasteiger charge is -2.29. The maximum Gasteiger partial charge on any atom is 0.221 e. The van der Waals surface area contributed by atoms with Gasteiger partial charge in [0.1, 0.15) is 0 Å². The van der Waals surface area contributed by atoms with Crippen molar-refractivity contribution in [2.24, 2.45) is 5.73 Å². The number of nitrogens with one attached hydrogen (secondary N) is 1. The molecule has 20 heavy (non-hydrogen) atoms. The first-order chi connectivity index (χ1) is 9.71. The number of hydrogen-bond donors (Lipinski definition) is 2. The van der Waals surface area contributed by atoms with Crippen molar-refractivity contribution in [3.05, 3.63) is 35.9 Å². The Morgan fingerprint density at radius 3 is 2.55 bits per heavy atom. The Morgan fingerprint density at radius 1 is 1.30 bits per heavy atom. The molecule has 0 aliphatic heterocycles. The van der Waals surface area contributed by atoms with Gasteiger partial charge in [0.25, 0.3) is 0 Å². The molecule has 0 radical (unpaired) electrons. The molecule has 1 aromatic carbocycles. The van der Waals surface area contributed by atoms with Gasteiger partial charge in [0, 0.05) is 32.1 Å². The first-order valence-electron chi connectivity index (χ1n) is 7.46. The van der Waals surface area contributed by atoms with Gasteiger partial charge in [0.2, 0.25) is 5.91 Å². The Kier molecular flexibility index (Phi) is 7.92. The molecule has 1 aromatic rings. The Morgan fingerprint density at radius 2 is 2.00 bits per heavy atom. The van der Waals surface area contributed by atoms with Crippen LogP contribution < -0.4 is 11.1 Å². The number of carbonyl (C=O) groups excluding carboxylic acids is 1. The van der Waals surface area contributed by atoms with E-state index in [0.29, 0.717) is 13.0 Å². The smallest absolute Gasteiger partial charge is 0.221 e.